The summed E-state index contributed by atoms with van der Waals surface area (Å²) in [6.45, 7) is 4.85. The Bertz CT molecular complexity index is 703. The highest BCUT2D eigenvalue weighted by atomic mass is 15.1. The van der Waals surface area contributed by atoms with E-state index in [9.17, 15) is 0 Å². The van der Waals surface area contributed by atoms with Crippen LogP contribution in [0.4, 0.5) is 0 Å². The Morgan fingerprint density at radius 1 is 1.10 bits per heavy atom. The lowest BCUT2D eigenvalue weighted by atomic mass is 10.2. The van der Waals surface area contributed by atoms with Gasteiger partial charge in [-0.3, -0.25) is 4.98 Å². The zero-order valence-electron chi connectivity index (χ0n) is 12.3. The van der Waals surface area contributed by atoms with Crippen molar-refractivity contribution in [2.24, 2.45) is 0 Å². The molecular formula is C17H20N4. The number of imidazole rings is 1. The lowest BCUT2D eigenvalue weighted by molar-refractivity contribution is 0.620. The van der Waals surface area contributed by atoms with E-state index in [-0.39, 0.29) is 0 Å². The number of pyridine rings is 1. The Balaban J connectivity index is 1.63. The van der Waals surface area contributed by atoms with Crippen LogP contribution in [0.15, 0.2) is 48.8 Å². The van der Waals surface area contributed by atoms with E-state index in [4.69, 9.17) is 4.98 Å². The molecule has 3 aromatic rings. The Morgan fingerprint density at radius 3 is 2.71 bits per heavy atom. The van der Waals surface area contributed by atoms with Gasteiger partial charge in [0.2, 0.25) is 0 Å². The number of aryl methyl sites for hydroxylation is 1. The molecule has 4 nitrogen and oxygen atoms in total. The topological polar surface area (TPSA) is 42.7 Å². The molecule has 4 heteroatoms. The summed E-state index contributed by atoms with van der Waals surface area (Å²) in [5.74, 6) is 1.11. The first kappa shape index (κ1) is 13.8. The van der Waals surface area contributed by atoms with Crippen molar-refractivity contribution in [1.29, 1.82) is 0 Å². The molecule has 0 saturated carbocycles. The van der Waals surface area contributed by atoms with Gasteiger partial charge < -0.3 is 9.88 Å². The summed E-state index contributed by atoms with van der Waals surface area (Å²) in [5.41, 5.74) is 3.60. The molecule has 1 aromatic carbocycles. The molecular weight excluding hydrogens is 260 g/mol. The maximum absolute atomic E-state index is 4.72. The second kappa shape index (κ2) is 6.50. The van der Waals surface area contributed by atoms with Crippen LogP contribution in [-0.4, -0.2) is 21.1 Å². The van der Waals surface area contributed by atoms with E-state index < -0.39 is 0 Å². The van der Waals surface area contributed by atoms with Crippen molar-refractivity contribution in [3.8, 4) is 0 Å². The number of hydrogen-bond donors (Lipinski definition) is 1. The van der Waals surface area contributed by atoms with Gasteiger partial charge in [0.05, 0.1) is 17.6 Å². The summed E-state index contributed by atoms with van der Waals surface area (Å²) >= 11 is 0. The van der Waals surface area contributed by atoms with E-state index in [1.54, 1.807) is 0 Å². The van der Waals surface area contributed by atoms with E-state index >= 15 is 0 Å². The summed E-state index contributed by atoms with van der Waals surface area (Å²) in [6, 6.07) is 12.4. The molecule has 0 amide bonds. The summed E-state index contributed by atoms with van der Waals surface area (Å²) in [7, 11) is 0. The van der Waals surface area contributed by atoms with Gasteiger partial charge in [-0.2, -0.15) is 0 Å². The second-order valence-corrected chi connectivity index (χ2v) is 5.04. The normalized spacial score (nSPS) is 11.1. The van der Waals surface area contributed by atoms with E-state index in [1.807, 2.05) is 18.5 Å². The van der Waals surface area contributed by atoms with Crippen LogP contribution in [-0.2, 0) is 19.5 Å². The SMILES string of the molecule is CCn1c(CNCCc2ccncc2)nc2ccccc21. The molecule has 2 aromatic heterocycles. The van der Waals surface area contributed by atoms with Gasteiger partial charge >= 0.3 is 0 Å². The van der Waals surface area contributed by atoms with Gasteiger partial charge in [-0.05, 0) is 49.7 Å². The van der Waals surface area contributed by atoms with Crippen LogP contribution >= 0.6 is 0 Å². The standard InChI is InChI=1S/C17H20N4/c1-2-21-16-6-4-3-5-15(16)20-17(21)13-19-12-9-14-7-10-18-11-8-14/h3-8,10-11,19H,2,9,12-13H2,1H3. The highest BCUT2D eigenvalue weighted by Crippen LogP contribution is 2.15. The predicted molar refractivity (Wildman–Crippen MR) is 85.1 cm³/mol. The molecule has 0 spiro atoms. The van der Waals surface area contributed by atoms with Gasteiger partial charge in [-0.25, -0.2) is 4.98 Å². The lowest BCUT2D eigenvalue weighted by Crippen LogP contribution is -2.19. The monoisotopic (exact) mass is 280 g/mol. The second-order valence-electron chi connectivity index (χ2n) is 5.04. The molecule has 0 radical (unpaired) electrons. The Kier molecular flexibility index (Phi) is 4.26. The minimum absolute atomic E-state index is 0.799. The van der Waals surface area contributed by atoms with Crippen LogP contribution in [0.1, 0.15) is 18.3 Å². The van der Waals surface area contributed by atoms with Crippen LogP contribution in [0.3, 0.4) is 0 Å². The van der Waals surface area contributed by atoms with Gasteiger partial charge in [0.25, 0.3) is 0 Å². The van der Waals surface area contributed by atoms with Crippen molar-refractivity contribution in [1.82, 2.24) is 19.9 Å². The number of nitrogens with zero attached hydrogens (tertiary/aromatic N) is 3. The highest BCUT2D eigenvalue weighted by molar-refractivity contribution is 5.75. The van der Waals surface area contributed by atoms with Crippen LogP contribution in [0.5, 0.6) is 0 Å². The average molecular weight is 280 g/mol. The number of nitrogens with one attached hydrogen (secondary N) is 1. The van der Waals surface area contributed by atoms with Crippen molar-refractivity contribution in [2.45, 2.75) is 26.4 Å². The van der Waals surface area contributed by atoms with Gasteiger partial charge in [0, 0.05) is 18.9 Å². The van der Waals surface area contributed by atoms with Crippen molar-refractivity contribution in [3.63, 3.8) is 0 Å². The molecule has 0 bridgehead atoms. The molecule has 2 heterocycles. The van der Waals surface area contributed by atoms with Crippen LogP contribution in [0.2, 0.25) is 0 Å². The number of para-hydroxylation sites is 2. The van der Waals surface area contributed by atoms with Crippen molar-refractivity contribution < 1.29 is 0 Å². The first-order valence-corrected chi connectivity index (χ1v) is 7.42. The Hall–Kier alpha value is -2.20. The number of rotatable bonds is 6. The van der Waals surface area contributed by atoms with E-state index in [2.05, 4.69) is 52.1 Å². The molecule has 3 rings (SSSR count). The number of aromatic nitrogens is 3. The largest absolute Gasteiger partial charge is 0.327 e. The van der Waals surface area contributed by atoms with Gasteiger partial charge in [-0.15, -0.1) is 0 Å². The molecule has 0 fully saturated rings. The zero-order valence-corrected chi connectivity index (χ0v) is 12.3. The minimum Gasteiger partial charge on any atom is -0.327 e. The predicted octanol–water partition coefficient (Wildman–Crippen LogP) is 2.78. The third-order valence-corrected chi connectivity index (χ3v) is 3.67. The molecule has 108 valence electrons. The third-order valence-electron chi connectivity index (χ3n) is 3.67. The Morgan fingerprint density at radius 2 is 1.90 bits per heavy atom. The number of benzene rings is 1. The summed E-state index contributed by atoms with van der Waals surface area (Å²) in [4.78, 5) is 8.75. The van der Waals surface area contributed by atoms with Crippen molar-refractivity contribution in [2.75, 3.05) is 6.54 Å². The molecule has 0 aliphatic rings. The Labute approximate surface area is 124 Å². The molecule has 1 N–H and O–H groups in total. The van der Waals surface area contributed by atoms with Crippen molar-refractivity contribution in [3.05, 3.63) is 60.2 Å². The van der Waals surface area contributed by atoms with Crippen LogP contribution < -0.4 is 5.32 Å². The molecule has 0 aliphatic heterocycles. The maximum atomic E-state index is 4.72. The minimum atomic E-state index is 0.799. The first-order chi connectivity index (χ1) is 10.4. The van der Waals surface area contributed by atoms with E-state index in [0.29, 0.717) is 0 Å². The fraction of sp³-hybridized carbons (Fsp3) is 0.294. The number of hydrogen-bond acceptors (Lipinski definition) is 3. The lowest BCUT2D eigenvalue weighted by Gasteiger charge is -2.07. The van der Waals surface area contributed by atoms with Crippen LogP contribution in [0.25, 0.3) is 11.0 Å². The smallest absolute Gasteiger partial charge is 0.123 e. The fourth-order valence-corrected chi connectivity index (χ4v) is 2.60. The first-order valence-electron chi connectivity index (χ1n) is 7.42. The fourth-order valence-electron chi connectivity index (χ4n) is 2.60. The molecule has 0 atom stereocenters. The van der Waals surface area contributed by atoms with Gasteiger partial charge in [-0.1, -0.05) is 12.1 Å². The average Bonchev–Trinajstić information content (AvgIpc) is 2.90. The quantitative estimate of drug-likeness (QED) is 0.706. The van der Waals surface area contributed by atoms with Crippen molar-refractivity contribution >= 4 is 11.0 Å². The highest BCUT2D eigenvalue weighted by Gasteiger charge is 2.07. The third kappa shape index (κ3) is 3.11. The van der Waals surface area contributed by atoms with E-state index in [1.165, 1.54) is 11.1 Å². The molecule has 0 unspecified atom stereocenters. The molecule has 0 saturated heterocycles. The summed E-state index contributed by atoms with van der Waals surface area (Å²) < 4.78 is 2.27. The van der Waals surface area contributed by atoms with Gasteiger partial charge in [0.1, 0.15) is 5.82 Å². The van der Waals surface area contributed by atoms with Crippen LogP contribution in [0, 0.1) is 0 Å². The number of fused-ring (bicyclic) bond motifs is 1. The molecule has 0 aliphatic carbocycles. The maximum Gasteiger partial charge on any atom is 0.123 e. The summed E-state index contributed by atoms with van der Waals surface area (Å²) in [5, 5.41) is 3.48. The summed E-state index contributed by atoms with van der Waals surface area (Å²) in [6.07, 6.45) is 4.69. The molecule has 21 heavy (non-hydrogen) atoms. The zero-order chi connectivity index (χ0) is 14.5. The van der Waals surface area contributed by atoms with Gasteiger partial charge in [0.15, 0.2) is 0 Å². The van der Waals surface area contributed by atoms with E-state index in [0.717, 1.165) is 37.4 Å².